The summed E-state index contributed by atoms with van der Waals surface area (Å²) in [4.78, 5) is 2.80. The Morgan fingerprint density at radius 2 is 1.95 bits per heavy atom. The predicted molar refractivity (Wildman–Crippen MR) is 83.3 cm³/mol. The summed E-state index contributed by atoms with van der Waals surface area (Å²) in [5, 5.41) is 0. The highest BCUT2D eigenvalue weighted by Crippen LogP contribution is 2.38. The van der Waals surface area contributed by atoms with Crippen LogP contribution in [0.1, 0.15) is 78.1 Å². The lowest BCUT2D eigenvalue weighted by Crippen LogP contribution is -2.58. The summed E-state index contributed by atoms with van der Waals surface area (Å²) >= 11 is 0. The molecule has 1 saturated heterocycles. The molecule has 0 radical (unpaired) electrons. The van der Waals surface area contributed by atoms with Gasteiger partial charge in [0.1, 0.15) is 0 Å². The van der Waals surface area contributed by atoms with Gasteiger partial charge in [0.25, 0.3) is 0 Å². The standard InChI is InChI=1S/C17H34N2/c1-3-7-16-9-6-11-17(14-18,12-10-16)19-13-5-4-8-15(19)2/h15-16H,3-14,18H2,1-2H3. The lowest BCUT2D eigenvalue weighted by Gasteiger charge is -2.49. The van der Waals surface area contributed by atoms with Gasteiger partial charge in [-0.1, -0.05) is 39.0 Å². The Hall–Kier alpha value is -0.0800. The largest absolute Gasteiger partial charge is 0.329 e. The van der Waals surface area contributed by atoms with Crippen molar-refractivity contribution in [2.24, 2.45) is 11.7 Å². The lowest BCUT2D eigenvalue weighted by atomic mass is 9.84. The molecule has 0 spiro atoms. The molecule has 1 aliphatic carbocycles. The average molecular weight is 266 g/mol. The topological polar surface area (TPSA) is 29.3 Å². The summed E-state index contributed by atoms with van der Waals surface area (Å²) < 4.78 is 0. The van der Waals surface area contributed by atoms with Gasteiger partial charge in [-0.15, -0.1) is 0 Å². The van der Waals surface area contributed by atoms with Crippen LogP contribution in [0.25, 0.3) is 0 Å². The van der Waals surface area contributed by atoms with Crippen LogP contribution in [0.15, 0.2) is 0 Å². The zero-order valence-corrected chi connectivity index (χ0v) is 13.2. The third-order valence-electron chi connectivity index (χ3n) is 5.76. The molecule has 3 unspecified atom stereocenters. The van der Waals surface area contributed by atoms with Crippen LogP contribution in [0, 0.1) is 5.92 Å². The van der Waals surface area contributed by atoms with E-state index < -0.39 is 0 Å². The number of piperidine rings is 1. The van der Waals surface area contributed by atoms with Crippen LogP contribution < -0.4 is 5.73 Å². The van der Waals surface area contributed by atoms with E-state index in [0.29, 0.717) is 5.54 Å². The summed E-state index contributed by atoms with van der Waals surface area (Å²) in [6, 6.07) is 0.750. The maximum Gasteiger partial charge on any atom is 0.0334 e. The molecule has 0 aromatic carbocycles. The first-order chi connectivity index (χ1) is 9.22. The number of likely N-dealkylation sites (tertiary alicyclic amines) is 1. The molecule has 2 fully saturated rings. The minimum Gasteiger partial charge on any atom is -0.329 e. The van der Waals surface area contributed by atoms with E-state index in [1.165, 1.54) is 70.8 Å². The van der Waals surface area contributed by atoms with E-state index in [1.807, 2.05) is 0 Å². The van der Waals surface area contributed by atoms with Gasteiger partial charge >= 0.3 is 0 Å². The van der Waals surface area contributed by atoms with Crippen molar-refractivity contribution in [2.45, 2.75) is 89.6 Å². The monoisotopic (exact) mass is 266 g/mol. The molecule has 1 saturated carbocycles. The van der Waals surface area contributed by atoms with Crippen molar-refractivity contribution in [3.63, 3.8) is 0 Å². The van der Waals surface area contributed by atoms with Gasteiger partial charge in [0.15, 0.2) is 0 Å². The summed E-state index contributed by atoms with van der Waals surface area (Å²) in [5.74, 6) is 0.971. The molecule has 0 amide bonds. The number of nitrogens with zero attached hydrogens (tertiary/aromatic N) is 1. The van der Waals surface area contributed by atoms with Gasteiger partial charge in [-0.3, -0.25) is 4.90 Å². The van der Waals surface area contributed by atoms with E-state index in [1.54, 1.807) is 0 Å². The quantitative estimate of drug-likeness (QED) is 0.781. The molecule has 1 aliphatic heterocycles. The van der Waals surface area contributed by atoms with Crippen LogP contribution in [0.4, 0.5) is 0 Å². The molecule has 0 bridgehead atoms. The fourth-order valence-corrected chi connectivity index (χ4v) is 4.57. The maximum atomic E-state index is 6.28. The Balaban J connectivity index is 2.04. The van der Waals surface area contributed by atoms with Crippen LogP contribution in [0.5, 0.6) is 0 Å². The highest BCUT2D eigenvalue weighted by atomic mass is 15.2. The van der Waals surface area contributed by atoms with E-state index in [4.69, 9.17) is 5.73 Å². The summed E-state index contributed by atoms with van der Waals surface area (Å²) in [6.45, 7) is 6.91. The summed E-state index contributed by atoms with van der Waals surface area (Å²) in [6.07, 6.45) is 13.9. The van der Waals surface area contributed by atoms with Crippen molar-refractivity contribution < 1.29 is 0 Å². The van der Waals surface area contributed by atoms with E-state index in [9.17, 15) is 0 Å². The predicted octanol–water partition coefficient (Wildman–Crippen LogP) is 3.94. The fourth-order valence-electron chi connectivity index (χ4n) is 4.57. The molecule has 2 rings (SSSR count). The van der Waals surface area contributed by atoms with Gasteiger partial charge in [-0.05, 0) is 51.5 Å². The molecular weight excluding hydrogens is 232 g/mol. The molecule has 0 aromatic heterocycles. The molecule has 2 aliphatic rings. The van der Waals surface area contributed by atoms with E-state index >= 15 is 0 Å². The Bertz CT molecular complexity index is 266. The first-order valence-corrected chi connectivity index (χ1v) is 8.68. The third-order valence-corrected chi connectivity index (χ3v) is 5.76. The van der Waals surface area contributed by atoms with Crippen LogP contribution in [0.3, 0.4) is 0 Å². The third kappa shape index (κ3) is 3.52. The SMILES string of the molecule is CCCC1CCCC(CN)(N2CCCCC2C)CC1. The second-order valence-electron chi connectivity index (χ2n) is 7.05. The first kappa shape index (κ1) is 15.3. The minimum absolute atomic E-state index is 0.336. The average Bonchev–Trinajstić information content (AvgIpc) is 2.63. The Morgan fingerprint density at radius 3 is 2.63 bits per heavy atom. The fraction of sp³-hybridized carbons (Fsp3) is 1.00. The Labute approximate surface area is 120 Å². The molecule has 2 nitrogen and oxygen atoms in total. The van der Waals surface area contributed by atoms with Gasteiger partial charge in [0.05, 0.1) is 0 Å². The normalized spacial score (nSPS) is 38.1. The molecule has 112 valence electrons. The van der Waals surface area contributed by atoms with Crippen molar-refractivity contribution in [1.82, 2.24) is 4.90 Å². The number of rotatable bonds is 4. The molecule has 1 heterocycles. The molecule has 0 aromatic rings. The highest BCUT2D eigenvalue weighted by molar-refractivity contribution is 4.97. The maximum absolute atomic E-state index is 6.28. The summed E-state index contributed by atoms with van der Waals surface area (Å²) in [5.41, 5.74) is 6.61. The molecule has 2 N–H and O–H groups in total. The second kappa shape index (κ2) is 7.08. The van der Waals surface area contributed by atoms with Gasteiger partial charge in [0, 0.05) is 18.1 Å². The molecule has 3 atom stereocenters. The van der Waals surface area contributed by atoms with Gasteiger partial charge in [-0.2, -0.15) is 0 Å². The number of hydrogen-bond acceptors (Lipinski definition) is 2. The molecule has 2 heteroatoms. The zero-order chi connectivity index (χ0) is 13.7. The summed E-state index contributed by atoms with van der Waals surface area (Å²) in [7, 11) is 0. The second-order valence-corrected chi connectivity index (χ2v) is 7.05. The highest BCUT2D eigenvalue weighted by Gasteiger charge is 2.40. The van der Waals surface area contributed by atoms with Crippen LogP contribution in [0.2, 0.25) is 0 Å². The number of hydrogen-bond donors (Lipinski definition) is 1. The van der Waals surface area contributed by atoms with Crippen molar-refractivity contribution >= 4 is 0 Å². The van der Waals surface area contributed by atoms with Gasteiger partial charge < -0.3 is 5.73 Å². The Morgan fingerprint density at radius 1 is 1.11 bits per heavy atom. The zero-order valence-electron chi connectivity index (χ0n) is 13.2. The van der Waals surface area contributed by atoms with Crippen molar-refractivity contribution in [3.8, 4) is 0 Å². The lowest BCUT2D eigenvalue weighted by molar-refractivity contribution is 0.0178. The van der Waals surface area contributed by atoms with Crippen molar-refractivity contribution in [2.75, 3.05) is 13.1 Å². The van der Waals surface area contributed by atoms with Crippen molar-refractivity contribution in [1.29, 1.82) is 0 Å². The smallest absolute Gasteiger partial charge is 0.0334 e. The van der Waals surface area contributed by atoms with E-state index in [2.05, 4.69) is 18.7 Å². The van der Waals surface area contributed by atoms with E-state index in [0.717, 1.165) is 18.5 Å². The molecule has 19 heavy (non-hydrogen) atoms. The van der Waals surface area contributed by atoms with Crippen LogP contribution in [-0.2, 0) is 0 Å². The first-order valence-electron chi connectivity index (χ1n) is 8.68. The van der Waals surface area contributed by atoms with Crippen LogP contribution in [-0.4, -0.2) is 29.6 Å². The minimum atomic E-state index is 0.336. The van der Waals surface area contributed by atoms with Gasteiger partial charge in [0.2, 0.25) is 0 Å². The number of nitrogens with two attached hydrogens (primary N) is 1. The van der Waals surface area contributed by atoms with Gasteiger partial charge in [-0.25, -0.2) is 0 Å². The van der Waals surface area contributed by atoms with E-state index in [-0.39, 0.29) is 0 Å². The Kier molecular flexibility index (Phi) is 5.70. The molecular formula is C17H34N2. The van der Waals surface area contributed by atoms with Crippen LogP contribution >= 0.6 is 0 Å². The van der Waals surface area contributed by atoms with Crippen molar-refractivity contribution in [3.05, 3.63) is 0 Å².